The Bertz CT molecular complexity index is 541. The van der Waals surface area contributed by atoms with Crippen molar-refractivity contribution in [1.82, 2.24) is 15.2 Å². The Hall–Kier alpha value is -2.17. The normalized spacial score (nSPS) is 10.3. The van der Waals surface area contributed by atoms with Gasteiger partial charge in [0.25, 0.3) is 0 Å². The van der Waals surface area contributed by atoms with Gasteiger partial charge >= 0.3 is 0 Å². The van der Waals surface area contributed by atoms with Gasteiger partial charge in [0.2, 0.25) is 5.95 Å². The lowest BCUT2D eigenvalue weighted by molar-refractivity contribution is 0.826. The van der Waals surface area contributed by atoms with E-state index in [4.69, 9.17) is 0 Å². The van der Waals surface area contributed by atoms with E-state index in [1.54, 1.807) is 6.20 Å². The van der Waals surface area contributed by atoms with Crippen molar-refractivity contribution in [2.24, 2.45) is 0 Å². The Kier molecular flexibility index (Phi) is 5.29. The predicted molar refractivity (Wildman–Crippen MR) is 81.7 cm³/mol. The highest BCUT2D eigenvalue weighted by Gasteiger charge is 2.01. The number of nitrogens with one attached hydrogen (secondary N) is 2. The zero-order valence-electron chi connectivity index (χ0n) is 12.1. The van der Waals surface area contributed by atoms with Gasteiger partial charge in [0, 0.05) is 13.1 Å². The molecule has 0 spiro atoms. The Labute approximate surface area is 119 Å². The smallest absolute Gasteiger partial charge is 0.244 e. The maximum atomic E-state index is 4.39. The van der Waals surface area contributed by atoms with Crippen molar-refractivity contribution in [1.29, 1.82) is 0 Å². The number of hydrogen-bond acceptors (Lipinski definition) is 5. The zero-order valence-corrected chi connectivity index (χ0v) is 12.1. The molecular formula is C15H21N5. The molecule has 0 radical (unpaired) electrons. The second-order valence-corrected chi connectivity index (χ2v) is 4.73. The minimum absolute atomic E-state index is 0.551. The first kappa shape index (κ1) is 14.2. The molecule has 0 atom stereocenters. The van der Waals surface area contributed by atoms with E-state index in [0.29, 0.717) is 12.5 Å². The van der Waals surface area contributed by atoms with Gasteiger partial charge in [0.05, 0.1) is 6.20 Å². The quantitative estimate of drug-likeness (QED) is 0.758. The van der Waals surface area contributed by atoms with Crippen molar-refractivity contribution in [3.63, 3.8) is 0 Å². The fourth-order valence-electron chi connectivity index (χ4n) is 1.84. The van der Waals surface area contributed by atoms with Crippen LogP contribution in [0.4, 0.5) is 11.8 Å². The van der Waals surface area contributed by atoms with E-state index in [-0.39, 0.29) is 0 Å². The van der Waals surface area contributed by atoms with Crippen LogP contribution in [0.15, 0.2) is 30.5 Å². The third-order valence-corrected chi connectivity index (χ3v) is 3.09. The summed E-state index contributed by atoms with van der Waals surface area (Å²) in [5.74, 6) is 1.32. The number of rotatable bonds is 7. The van der Waals surface area contributed by atoms with Crippen LogP contribution in [0.3, 0.4) is 0 Å². The van der Waals surface area contributed by atoms with Gasteiger partial charge in [-0.25, -0.2) is 0 Å². The number of aryl methyl sites for hydroxylation is 1. The number of hydrogen-bond donors (Lipinski definition) is 2. The van der Waals surface area contributed by atoms with Gasteiger partial charge in [0.1, 0.15) is 5.82 Å². The fourth-order valence-corrected chi connectivity index (χ4v) is 1.84. The molecule has 1 aromatic carbocycles. The molecule has 0 aliphatic heterocycles. The Morgan fingerprint density at radius 1 is 1.15 bits per heavy atom. The molecule has 5 nitrogen and oxygen atoms in total. The highest BCUT2D eigenvalue weighted by molar-refractivity contribution is 5.38. The summed E-state index contributed by atoms with van der Waals surface area (Å²) in [6.07, 6.45) is 3.93. The predicted octanol–water partition coefficient (Wildman–Crippen LogP) is 3.00. The van der Waals surface area contributed by atoms with E-state index < -0.39 is 0 Å². The lowest BCUT2D eigenvalue weighted by Crippen LogP contribution is -2.09. The van der Waals surface area contributed by atoms with Crippen molar-refractivity contribution in [3.05, 3.63) is 41.6 Å². The first-order valence-corrected chi connectivity index (χ1v) is 7.01. The second kappa shape index (κ2) is 7.43. The Balaban J connectivity index is 1.93. The molecule has 0 amide bonds. The van der Waals surface area contributed by atoms with Crippen molar-refractivity contribution in [3.8, 4) is 0 Å². The molecule has 106 valence electrons. The molecular weight excluding hydrogens is 250 g/mol. The molecule has 0 fully saturated rings. The van der Waals surface area contributed by atoms with Gasteiger partial charge in [-0.15, -0.1) is 5.10 Å². The van der Waals surface area contributed by atoms with Gasteiger partial charge in [-0.05, 0) is 24.5 Å². The third-order valence-electron chi connectivity index (χ3n) is 3.09. The maximum Gasteiger partial charge on any atom is 0.244 e. The summed E-state index contributed by atoms with van der Waals surface area (Å²) in [5, 5.41) is 14.4. The molecule has 1 aromatic heterocycles. The van der Waals surface area contributed by atoms with Crippen LogP contribution < -0.4 is 10.6 Å². The van der Waals surface area contributed by atoms with Gasteiger partial charge in [-0.3, -0.25) is 0 Å². The van der Waals surface area contributed by atoms with Crippen LogP contribution >= 0.6 is 0 Å². The topological polar surface area (TPSA) is 62.7 Å². The summed E-state index contributed by atoms with van der Waals surface area (Å²) in [7, 11) is 0. The number of benzene rings is 1. The van der Waals surface area contributed by atoms with Crippen molar-refractivity contribution in [2.75, 3.05) is 17.2 Å². The van der Waals surface area contributed by atoms with E-state index in [0.717, 1.165) is 25.2 Å². The molecule has 1 heterocycles. The molecule has 0 saturated heterocycles. The second-order valence-electron chi connectivity index (χ2n) is 4.73. The van der Waals surface area contributed by atoms with Crippen LogP contribution in [0.2, 0.25) is 0 Å². The average molecular weight is 271 g/mol. The summed E-state index contributed by atoms with van der Waals surface area (Å²) in [4.78, 5) is 4.39. The molecule has 0 unspecified atom stereocenters. The molecule has 0 saturated carbocycles. The number of nitrogens with zero attached hydrogens (tertiary/aromatic N) is 3. The summed E-state index contributed by atoms with van der Waals surface area (Å²) < 4.78 is 0. The summed E-state index contributed by atoms with van der Waals surface area (Å²) >= 11 is 0. The van der Waals surface area contributed by atoms with Crippen LogP contribution in [-0.4, -0.2) is 21.7 Å². The summed E-state index contributed by atoms with van der Waals surface area (Å²) in [6, 6.07) is 8.26. The molecule has 2 rings (SSSR count). The minimum Gasteiger partial charge on any atom is -0.369 e. The van der Waals surface area contributed by atoms with Gasteiger partial charge in [-0.2, -0.15) is 10.1 Å². The van der Waals surface area contributed by atoms with Gasteiger partial charge in [0.15, 0.2) is 0 Å². The zero-order chi connectivity index (χ0) is 14.2. The van der Waals surface area contributed by atoms with Crippen LogP contribution in [0, 0.1) is 6.92 Å². The third kappa shape index (κ3) is 4.19. The van der Waals surface area contributed by atoms with Crippen LogP contribution in [0.1, 0.15) is 30.9 Å². The van der Waals surface area contributed by atoms with E-state index in [9.17, 15) is 0 Å². The molecule has 2 aromatic rings. The number of aromatic nitrogens is 3. The Morgan fingerprint density at radius 2 is 2.00 bits per heavy atom. The number of anilines is 2. The largest absolute Gasteiger partial charge is 0.369 e. The van der Waals surface area contributed by atoms with Crippen LogP contribution in [0.25, 0.3) is 0 Å². The summed E-state index contributed by atoms with van der Waals surface area (Å²) in [6.45, 7) is 5.87. The fraction of sp³-hybridized carbons (Fsp3) is 0.400. The molecule has 0 bridgehead atoms. The molecule has 0 aliphatic carbocycles. The summed E-state index contributed by atoms with van der Waals surface area (Å²) in [5.41, 5.74) is 2.49. The highest BCUT2D eigenvalue weighted by atomic mass is 15.3. The van der Waals surface area contributed by atoms with E-state index >= 15 is 0 Å². The van der Waals surface area contributed by atoms with Crippen molar-refractivity contribution < 1.29 is 0 Å². The molecule has 5 heteroatoms. The monoisotopic (exact) mass is 271 g/mol. The van der Waals surface area contributed by atoms with Gasteiger partial charge < -0.3 is 10.6 Å². The first-order chi connectivity index (χ1) is 9.79. The van der Waals surface area contributed by atoms with Crippen molar-refractivity contribution >= 4 is 11.8 Å². The average Bonchev–Trinajstić information content (AvgIpc) is 2.47. The highest BCUT2D eigenvalue weighted by Crippen LogP contribution is 2.10. The first-order valence-electron chi connectivity index (χ1n) is 7.01. The maximum absolute atomic E-state index is 4.39. The molecule has 0 aliphatic rings. The standard InChI is InChI=1S/C15H21N5/c1-3-4-9-16-14-11-18-20-15(19-14)17-10-13-8-6-5-7-12(13)2/h5-8,11H,3-4,9-10H2,1-2H3,(H2,16,17,19,20). The van der Waals surface area contributed by atoms with Crippen LogP contribution in [-0.2, 0) is 6.54 Å². The van der Waals surface area contributed by atoms with E-state index in [1.165, 1.54) is 11.1 Å². The van der Waals surface area contributed by atoms with Crippen molar-refractivity contribution in [2.45, 2.75) is 33.2 Å². The molecule has 2 N–H and O–H groups in total. The lowest BCUT2D eigenvalue weighted by atomic mass is 10.1. The SMILES string of the molecule is CCCCNc1cnnc(NCc2ccccc2C)n1. The van der Waals surface area contributed by atoms with E-state index in [1.807, 2.05) is 12.1 Å². The van der Waals surface area contributed by atoms with Crippen LogP contribution in [0.5, 0.6) is 0 Å². The van der Waals surface area contributed by atoms with Gasteiger partial charge in [-0.1, -0.05) is 37.6 Å². The van der Waals surface area contributed by atoms with E-state index in [2.05, 4.69) is 51.8 Å². The number of unbranched alkanes of at least 4 members (excludes halogenated alkanes) is 1. The minimum atomic E-state index is 0.551. The molecule has 20 heavy (non-hydrogen) atoms. The lowest BCUT2D eigenvalue weighted by Gasteiger charge is -2.08. The Morgan fingerprint density at radius 3 is 2.80 bits per heavy atom.